The summed E-state index contributed by atoms with van der Waals surface area (Å²) >= 11 is 0. The highest BCUT2D eigenvalue weighted by molar-refractivity contribution is 5.94. The van der Waals surface area contributed by atoms with Crippen LogP contribution in [0.4, 0.5) is 0 Å². The molecule has 1 unspecified atom stereocenters. The summed E-state index contributed by atoms with van der Waals surface area (Å²) < 4.78 is 5.42. The molecule has 22 heavy (non-hydrogen) atoms. The van der Waals surface area contributed by atoms with Crippen molar-refractivity contribution in [1.82, 2.24) is 4.90 Å². The molecule has 3 rings (SSSR count). The smallest absolute Gasteiger partial charge is 0.253 e. The van der Waals surface area contributed by atoms with Crippen LogP contribution in [0.3, 0.4) is 0 Å². The molecule has 0 radical (unpaired) electrons. The predicted octanol–water partition coefficient (Wildman–Crippen LogP) is 3.72. The molecule has 0 saturated carbocycles. The Balaban J connectivity index is 1.66. The van der Waals surface area contributed by atoms with Crippen LogP contribution in [0, 0.1) is 0 Å². The van der Waals surface area contributed by atoms with E-state index in [0.717, 1.165) is 30.8 Å². The SMILES string of the molecule is CCOc1ccc(C(=O)N2CCC(c3ccccc3)C2)cc1. The fourth-order valence-electron chi connectivity index (χ4n) is 2.98. The van der Waals surface area contributed by atoms with Crippen LogP contribution in [0.1, 0.15) is 35.2 Å². The molecule has 1 fully saturated rings. The van der Waals surface area contributed by atoms with Gasteiger partial charge in [-0.2, -0.15) is 0 Å². The monoisotopic (exact) mass is 295 g/mol. The molecule has 1 atom stereocenters. The van der Waals surface area contributed by atoms with Gasteiger partial charge in [0.2, 0.25) is 0 Å². The van der Waals surface area contributed by atoms with Crippen LogP contribution in [-0.2, 0) is 0 Å². The molecule has 1 heterocycles. The first-order valence-electron chi connectivity index (χ1n) is 7.85. The third-order valence-electron chi connectivity index (χ3n) is 4.16. The van der Waals surface area contributed by atoms with Crippen molar-refractivity contribution in [2.75, 3.05) is 19.7 Å². The number of hydrogen-bond acceptors (Lipinski definition) is 2. The molecule has 2 aromatic rings. The third-order valence-corrected chi connectivity index (χ3v) is 4.16. The number of hydrogen-bond donors (Lipinski definition) is 0. The second-order valence-corrected chi connectivity index (χ2v) is 5.60. The van der Waals surface area contributed by atoms with Crippen molar-refractivity contribution in [3.63, 3.8) is 0 Å². The minimum Gasteiger partial charge on any atom is -0.494 e. The standard InChI is InChI=1S/C19H21NO2/c1-2-22-18-10-8-16(9-11-18)19(21)20-13-12-17(14-20)15-6-4-3-5-7-15/h3-11,17H,2,12-14H2,1H3. The number of carbonyl (C=O) groups is 1. The minimum atomic E-state index is 0.112. The molecule has 0 bridgehead atoms. The largest absolute Gasteiger partial charge is 0.494 e. The number of nitrogens with zero attached hydrogens (tertiary/aromatic N) is 1. The quantitative estimate of drug-likeness (QED) is 0.860. The van der Waals surface area contributed by atoms with E-state index in [1.807, 2.05) is 42.2 Å². The molecule has 0 aromatic heterocycles. The lowest BCUT2D eigenvalue weighted by Crippen LogP contribution is -2.28. The Hall–Kier alpha value is -2.29. The van der Waals surface area contributed by atoms with Crippen molar-refractivity contribution in [2.45, 2.75) is 19.3 Å². The van der Waals surface area contributed by atoms with Crippen molar-refractivity contribution in [3.05, 3.63) is 65.7 Å². The lowest BCUT2D eigenvalue weighted by atomic mass is 9.99. The van der Waals surface area contributed by atoms with Gasteiger partial charge in [-0.3, -0.25) is 4.79 Å². The van der Waals surface area contributed by atoms with Gasteiger partial charge in [0.25, 0.3) is 5.91 Å². The van der Waals surface area contributed by atoms with Gasteiger partial charge in [-0.25, -0.2) is 0 Å². The summed E-state index contributed by atoms with van der Waals surface area (Å²) in [5, 5.41) is 0. The summed E-state index contributed by atoms with van der Waals surface area (Å²) in [5.74, 6) is 1.37. The normalized spacial score (nSPS) is 17.5. The number of rotatable bonds is 4. The molecule has 0 aliphatic carbocycles. The zero-order valence-electron chi connectivity index (χ0n) is 12.9. The zero-order chi connectivity index (χ0) is 15.4. The number of amides is 1. The molecule has 3 nitrogen and oxygen atoms in total. The van der Waals surface area contributed by atoms with Gasteiger partial charge in [-0.15, -0.1) is 0 Å². The van der Waals surface area contributed by atoms with Gasteiger partial charge >= 0.3 is 0 Å². The van der Waals surface area contributed by atoms with E-state index < -0.39 is 0 Å². The van der Waals surface area contributed by atoms with Crippen LogP contribution in [0.2, 0.25) is 0 Å². The topological polar surface area (TPSA) is 29.5 Å². The molecule has 114 valence electrons. The maximum absolute atomic E-state index is 12.6. The summed E-state index contributed by atoms with van der Waals surface area (Å²) in [5.41, 5.74) is 2.06. The van der Waals surface area contributed by atoms with E-state index in [1.165, 1.54) is 5.56 Å². The number of benzene rings is 2. The van der Waals surface area contributed by atoms with Crippen molar-refractivity contribution < 1.29 is 9.53 Å². The summed E-state index contributed by atoms with van der Waals surface area (Å²) in [6, 6.07) is 17.9. The highest BCUT2D eigenvalue weighted by atomic mass is 16.5. The van der Waals surface area contributed by atoms with Gasteiger partial charge < -0.3 is 9.64 Å². The Kier molecular flexibility index (Phi) is 4.42. The Labute approximate surface area is 131 Å². The van der Waals surface area contributed by atoms with E-state index in [0.29, 0.717) is 12.5 Å². The molecule has 1 aliphatic rings. The molecule has 1 aliphatic heterocycles. The van der Waals surface area contributed by atoms with Gasteiger partial charge in [0, 0.05) is 24.6 Å². The average Bonchev–Trinajstić information content (AvgIpc) is 3.06. The van der Waals surface area contributed by atoms with Crippen LogP contribution in [-0.4, -0.2) is 30.5 Å². The number of ether oxygens (including phenoxy) is 1. The Morgan fingerprint density at radius 1 is 1.14 bits per heavy atom. The molecule has 0 spiro atoms. The summed E-state index contributed by atoms with van der Waals surface area (Å²) in [6.45, 7) is 4.22. The fourth-order valence-corrected chi connectivity index (χ4v) is 2.98. The van der Waals surface area contributed by atoms with E-state index in [9.17, 15) is 4.79 Å². The Bertz CT molecular complexity index is 622. The second-order valence-electron chi connectivity index (χ2n) is 5.60. The molecule has 2 aromatic carbocycles. The maximum atomic E-state index is 12.6. The van der Waals surface area contributed by atoms with E-state index in [4.69, 9.17) is 4.74 Å². The van der Waals surface area contributed by atoms with Gasteiger partial charge in [-0.05, 0) is 43.2 Å². The Morgan fingerprint density at radius 3 is 2.55 bits per heavy atom. The van der Waals surface area contributed by atoms with Crippen molar-refractivity contribution >= 4 is 5.91 Å². The van der Waals surface area contributed by atoms with Crippen molar-refractivity contribution in [2.24, 2.45) is 0 Å². The van der Waals surface area contributed by atoms with Crippen molar-refractivity contribution in [3.8, 4) is 5.75 Å². The highest BCUT2D eigenvalue weighted by Gasteiger charge is 2.27. The van der Waals surface area contributed by atoms with Crippen LogP contribution in [0.25, 0.3) is 0 Å². The van der Waals surface area contributed by atoms with Crippen LogP contribution in [0.15, 0.2) is 54.6 Å². The van der Waals surface area contributed by atoms with E-state index in [2.05, 4.69) is 24.3 Å². The molecule has 0 N–H and O–H groups in total. The Morgan fingerprint density at radius 2 is 1.86 bits per heavy atom. The molecule has 3 heteroatoms. The first-order valence-corrected chi connectivity index (χ1v) is 7.85. The second kappa shape index (κ2) is 6.65. The lowest BCUT2D eigenvalue weighted by molar-refractivity contribution is 0.0791. The van der Waals surface area contributed by atoms with Gasteiger partial charge in [0.15, 0.2) is 0 Å². The first-order chi connectivity index (χ1) is 10.8. The predicted molar refractivity (Wildman–Crippen MR) is 87.3 cm³/mol. The molecular formula is C19H21NO2. The van der Waals surface area contributed by atoms with Crippen LogP contribution < -0.4 is 4.74 Å². The summed E-state index contributed by atoms with van der Waals surface area (Å²) in [7, 11) is 0. The fraction of sp³-hybridized carbons (Fsp3) is 0.316. The maximum Gasteiger partial charge on any atom is 0.253 e. The highest BCUT2D eigenvalue weighted by Crippen LogP contribution is 2.28. The van der Waals surface area contributed by atoms with Crippen LogP contribution >= 0.6 is 0 Å². The summed E-state index contributed by atoms with van der Waals surface area (Å²) in [6.07, 6.45) is 1.03. The number of carbonyl (C=O) groups excluding carboxylic acids is 1. The van der Waals surface area contributed by atoms with Crippen LogP contribution in [0.5, 0.6) is 5.75 Å². The van der Waals surface area contributed by atoms with E-state index in [-0.39, 0.29) is 5.91 Å². The average molecular weight is 295 g/mol. The molecule has 1 saturated heterocycles. The lowest BCUT2D eigenvalue weighted by Gasteiger charge is -2.17. The van der Waals surface area contributed by atoms with Gasteiger partial charge in [0.05, 0.1) is 6.61 Å². The van der Waals surface area contributed by atoms with Gasteiger partial charge in [-0.1, -0.05) is 30.3 Å². The molecular weight excluding hydrogens is 274 g/mol. The zero-order valence-corrected chi connectivity index (χ0v) is 12.9. The number of likely N-dealkylation sites (tertiary alicyclic amines) is 1. The summed E-state index contributed by atoms with van der Waals surface area (Å²) in [4.78, 5) is 14.5. The van der Waals surface area contributed by atoms with Crippen molar-refractivity contribution in [1.29, 1.82) is 0 Å². The van der Waals surface area contributed by atoms with Gasteiger partial charge in [0.1, 0.15) is 5.75 Å². The molecule has 1 amide bonds. The van der Waals surface area contributed by atoms with E-state index in [1.54, 1.807) is 0 Å². The third kappa shape index (κ3) is 3.14. The first kappa shape index (κ1) is 14.6. The van der Waals surface area contributed by atoms with E-state index >= 15 is 0 Å². The minimum absolute atomic E-state index is 0.112.